The van der Waals surface area contributed by atoms with E-state index in [-0.39, 0.29) is 5.41 Å². The van der Waals surface area contributed by atoms with E-state index in [1.807, 2.05) is 32.2 Å². The van der Waals surface area contributed by atoms with E-state index < -0.39 is 17.4 Å². The van der Waals surface area contributed by atoms with Crippen molar-refractivity contribution < 1.29 is 14.3 Å². The fraction of sp³-hybridized carbons (Fsp3) is 0.625. The van der Waals surface area contributed by atoms with E-state index in [4.69, 9.17) is 4.74 Å². The maximum Gasteiger partial charge on any atom is 0.309 e. The summed E-state index contributed by atoms with van der Waals surface area (Å²) in [6.45, 7) is 7.38. The minimum absolute atomic E-state index is 0.121. The van der Waals surface area contributed by atoms with E-state index in [9.17, 15) is 9.59 Å². The summed E-state index contributed by atoms with van der Waals surface area (Å²) in [7, 11) is 0. The number of hydrogen-bond acceptors (Lipinski definition) is 4. The third-order valence-electron chi connectivity index (χ3n) is 3.78. The molecule has 0 unspecified atom stereocenters. The predicted octanol–water partition coefficient (Wildman–Crippen LogP) is 1.83. The Morgan fingerprint density at radius 3 is 2.50 bits per heavy atom. The molecule has 2 heterocycles. The lowest BCUT2D eigenvalue weighted by Crippen LogP contribution is -2.51. The first-order chi connectivity index (χ1) is 10.3. The van der Waals surface area contributed by atoms with E-state index in [1.165, 1.54) is 4.88 Å². The summed E-state index contributed by atoms with van der Waals surface area (Å²) in [5.74, 6) is -1.15. The van der Waals surface area contributed by atoms with Crippen molar-refractivity contribution >= 4 is 23.2 Å². The Kier molecular flexibility index (Phi) is 5.24. The molecule has 0 saturated carbocycles. The third-order valence-corrected chi connectivity index (χ3v) is 4.89. The largest absolute Gasteiger partial charge is 0.381 e. The molecule has 22 heavy (non-hydrogen) atoms. The molecule has 1 aliphatic heterocycles. The number of hydrogen-bond donors (Lipinski definition) is 2. The zero-order valence-electron chi connectivity index (χ0n) is 13.4. The molecule has 0 bridgehead atoms. The van der Waals surface area contributed by atoms with Crippen molar-refractivity contribution in [3.8, 4) is 0 Å². The van der Waals surface area contributed by atoms with Crippen molar-refractivity contribution in [3.63, 3.8) is 0 Å². The second kappa shape index (κ2) is 6.79. The van der Waals surface area contributed by atoms with E-state index in [0.717, 1.165) is 12.8 Å². The van der Waals surface area contributed by atoms with Crippen LogP contribution in [0.1, 0.15) is 38.5 Å². The summed E-state index contributed by atoms with van der Waals surface area (Å²) in [5.41, 5.74) is -0.539. The molecular weight excluding hydrogens is 300 g/mol. The van der Waals surface area contributed by atoms with Gasteiger partial charge in [0, 0.05) is 35.6 Å². The first kappa shape index (κ1) is 17.0. The summed E-state index contributed by atoms with van der Waals surface area (Å²) in [6, 6.07) is 4.11. The van der Waals surface area contributed by atoms with Crippen LogP contribution in [0.25, 0.3) is 0 Å². The van der Waals surface area contributed by atoms with Gasteiger partial charge in [-0.2, -0.15) is 0 Å². The molecule has 0 radical (unpaired) electrons. The van der Waals surface area contributed by atoms with Crippen molar-refractivity contribution in [2.75, 3.05) is 19.8 Å². The minimum atomic E-state index is -0.583. The first-order valence-electron chi connectivity index (χ1n) is 7.54. The molecule has 2 amide bonds. The highest BCUT2D eigenvalue weighted by Gasteiger charge is 2.36. The van der Waals surface area contributed by atoms with Gasteiger partial charge in [-0.05, 0) is 45.1 Å². The maximum atomic E-state index is 12.0. The van der Waals surface area contributed by atoms with Crippen LogP contribution < -0.4 is 10.6 Å². The van der Waals surface area contributed by atoms with Gasteiger partial charge in [-0.1, -0.05) is 6.07 Å². The molecular formula is C16H24N2O3S. The monoisotopic (exact) mass is 324 g/mol. The molecule has 0 atom stereocenters. The van der Waals surface area contributed by atoms with Gasteiger partial charge in [0.05, 0.1) is 0 Å². The normalized spacial score (nSPS) is 17.8. The molecule has 1 aromatic heterocycles. The topological polar surface area (TPSA) is 67.4 Å². The van der Waals surface area contributed by atoms with Crippen LogP contribution in [-0.2, 0) is 19.7 Å². The lowest BCUT2D eigenvalue weighted by molar-refractivity contribution is -0.140. The summed E-state index contributed by atoms with van der Waals surface area (Å²) in [5, 5.41) is 7.53. The molecule has 1 saturated heterocycles. The molecule has 0 aliphatic carbocycles. The molecule has 0 spiro atoms. The lowest BCUT2D eigenvalue weighted by Gasteiger charge is -2.36. The van der Waals surface area contributed by atoms with Gasteiger partial charge >= 0.3 is 11.8 Å². The van der Waals surface area contributed by atoms with Gasteiger partial charge in [-0.25, -0.2) is 0 Å². The Balaban J connectivity index is 2.00. The van der Waals surface area contributed by atoms with Crippen LogP contribution in [-0.4, -0.2) is 37.1 Å². The number of rotatable bonds is 3. The molecule has 122 valence electrons. The van der Waals surface area contributed by atoms with Gasteiger partial charge in [-0.15, -0.1) is 11.3 Å². The summed E-state index contributed by atoms with van der Waals surface area (Å²) in [4.78, 5) is 25.1. The van der Waals surface area contributed by atoms with Gasteiger partial charge < -0.3 is 15.4 Å². The Labute approximate surface area is 135 Å². The number of amides is 2. The van der Waals surface area contributed by atoms with Crippen molar-refractivity contribution in [1.29, 1.82) is 0 Å². The van der Waals surface area contributed by atoms with Gasteiger partial charge in [0.15, 0.2) is 0 Å². The Hall–Kier alpha value is -1.40. The highest BCUT2D eigenvalue weighted by Crippen LogP contribution is 2.36. The smallest absolute Gasteiger partial charge is 0.309 e. The SMILES string of the molecule is CC(C)(C)NC(=O)C(=O)NCC1(c2cccs2)CCOCC1. The van der Waals surface area contributed by atoms with Crippen molar-refractivity contribution in [1.82, 2.24) is 10.6 Å². The molecule has 1 fully saturated rings. The van der Waals surface area contributed by atoms with Crippen molar-refractivity contribution in [3.05, 3.63) is 22.4 Å². The zero-order valence-corrected chi connectivity index (χ0v) is 14.2. The van der Waals surface area contributed by atoms with Crippen molar-refractivity contribution in [2.24, 2.45) is 0 Å². The Bertz CT molecular complexity index is 514. The van der Waals surface area contributed by atoms with E-state index in [2.05, 4.69) is 16.7 Å². The average Bonchev–Trinajstić information content (AvgIpc) is 2.98. The first-order valence-corrected chi connectivity index (χ1v) is 8.42. The van der Waals surface area contributed by atoms with Crippen LogP contribution >= 0.6 is 11.3 Å². The zero-order chi connectivity index (χ0) is 16.2. The van der Waals surface area contributed by atoms with Gasteiger partial charge in [0.25, 0.3) is 0 Å². The fourth-order valence-electron chi connectivity index (χ4n) is 2.58. The van der Waals surface area contributed by atoms with Crippen LogP contribution in [0.3, 0.4) is 0 Å². The number of carbonyl (C=O) groups excluding carboxylic acids is 2. The number of carbonyl (C=O) groups is 2. The number of nitrogens with one attached hydrogen (secondary N) is 2. The average molecular weight is 324 g/mol. The highest BCUT2D eigenvalue weighted by atomic mass is 32.1. The molecule has 5 nitrogen and oxygen atoms in total. The molecule has 1 aromatic rings. The summed E-state index contributed by atoms with van der Waals surface area (Å²) < 4.78 is 5.46. The van der Waals surface area contributed by atoms with Gasteiger partial charge in [0.1, 0.15) is 0 Å². The number of ether oxygens (including phenoxy) is 1. The quantitative estimate of drug-likeness (QED) is 0.834. The predicted molar refractivity (Wildman–Crippen MR) is 87.0 cm³/mol. The lowest BCUT2D eigenvalue weighted by atomic mass is 9.78. The van der Waals surface area contributed by atoms with E-state index >= 15 is 0 Å². The summed E-state index contributed by atoms with van der Waals surface area (Å²) >= 11 is 1.69. The molecule has 6 heteroatoms. The van der Waals surface area contributed by atoms with Crippen LogP contribution in [0, 0.1) is 0 Å². The van der Waals surface area contributed by atoms with Crippen LogP contribution in [0.15, 0.2) is 17.5 Å². The third kappa shape index (κ3) is 4.30. The van der Waals surface area contributed by atoms with Crippen LogP contribution in [0.2, 0.25) is 0 Å². The second-order valence-electron chi connectivity index (χ2n) is 6.76. The molecule has 0 aromatic carbocycles. The van der Waals surface area contributed by atoms with Crippen LogP contribution in [0.5, 0.6) is 0 Å². The molecule has 1 aliphatic rings. The molecule has 2 rings (SSSR count). The van der Waals surface area contributed by atoms with Gasteiger partial charge in [0.2, 0.25) is 0 Å². The Morgan fingerprint density at radius 2 is 1.95 bits per heavy atom. The maximum absolute atomic E-state index is 12.0. The standard InChI is InChI=1S/C16H24N2O3S/c1-15(2,3)18-14(20)13(19)17-11-16(6-8-21-9-7-16)12-5-4-10-22-12/h4-5,10H,6-9,11H2,1-3H3,(H,17,19)(H,18,20). The number of thiophene rings is 1. The Morgan fingerprint density at radius 1 is 1.27 bits per heavy atom. The molecule has 2 N–H and O–H groups in total. The highest BCUT2D eigenvalue weighted by molar-refractivity contribution is 7.10. The minimum Gasteiger partial charge on any atom is -0.381 e. The van der Waals surface area contributed by atoms with E-state index in [1.54, 1.807) is 11.3 Å². The second-order valence-corrected chi connectivity index (χ2v) is 7.70. The van der Waals surface area contributed by atoms with E-state index in [0.29, 0.717) is 19.8 Å². The van der Waals surface area contributed by atoms with Gasteiger partial charge in [-0.3, -0.25) is 9.59 Å². The summed E-state index contributed by atoms with van der Waals surface area (Å²) in [6.07, 6.45) is 1.71. The van der Waals surface area contributed by atoms with Crippen LogP contribution in [0.4, 0.5) is 0 Å². The van der Waals surface area contributed by atoms with Crippen molar-refractivity contribution in [2.45, 2.75) is 44.6 Å². The fourth-order valence-corrected chi connectivity index (χ4v) is 3.57.